The highest BCUT2D eigenvalue weighted by Gasteiger charge is 2.00. The molecule has 16 heavy (non-hydrogen) atoms. The summed E-state index contributed by atoms with van der Waals surface area (Å²) in [5.74, 6) is 1.28. The summed E-state index contributed by atoms with van der Waals surface area (Å²) in [6, 6.07) is 1.73. The van der Waals surface area contributed by atoms with Crippen LogP contribution < -0.4 is 16.0 Å². The maximum atomic E-state index is 10.3. The number of ether oxygens (including phenoxy) is 1. The lowest BCUT2D eigenvalue weighted by molar-refractivity contribution is 0.161. The number of amides is 1. The van der Waals surface area contributed by atoms with Gasteiger partial charge in [0.2, 0.25) is 5.95 Å². The number of rotatable bonds is 5. The molecule has 1 rings (SSSR count). The van der Waals surface area contributed by atoms with E-state index >= 15 is 0 Å². The summed E-state index contributed by atoms with van der Waals surface area (Å²) in [4.78, 5) is 20.4. The van der Waals surface area contributed by atoms with Crippen LogP contribution in [0, 0.1) is 0 Å². The molecule has 1 amide bonds. The number of aromatic nitrogens is 2. The zero-order chi connectivity index (χ0) is 12.0. The molecule has 1 aromatic rings. The van der Waals surface area contributed by atoms with Gasteiger partial charge in [-0.2, -0.15) is 4.98 Å². The van der Waals surface area contributed by atoms with Crippen molar-refractivity contribution >= 4 is 17.9 Å². The van der Waals surface area contributed by atoms with E-state index in [0.717, 1.165) is 0 Å². The number of hydrogen-bond donors (Lipinski definition) is 2. The third-order valence-corrected chi connectivity index (χ3v) is 1.70. The van der Waals surface area contributed by atoms with Crippen LogP contribution in [-0.4, -0.2) is 43.3 Å². The van der Waals surface area contributed by atoms with E-state index in [9.17, 15) is 4.79 Å². The average Bonchev–Trinajstić information content (AvgIpc) is 2.24. The Bertz CT molecular complexity index is 356. The zero-order valence-electron chi connectivity index (χ0n) is 9.30. The Balaban J connectivity index is 2.42. The minimum absolute atomic E-state index is 0.205. The number of carbonyl (C=O) groups is 1. The van der Waals surface area contributed by atoms with Crippen molar-refractivity contribution in [2.75, 3.05) is 37.5 Å². The minimum atomic E-state index is -0.779. The molecule has 88 valence electrons. The lowest BCUT2D eigenvalue weighted by Gasteiger charge is -2.11. The van der Waals surface area contributed by atoms with Crippen molar-refractivity contribution in [2.24, 2.45) is 5.73 Å². The monoisotopic (exact) mass is 225 g/mol. The lowest BCUT2D eigenvalue weighted by atomic mass is 10.5. The van der Waals surface area contributed by atoms with Gasteiger partial charge in [0, 0.05) is 20.3 Å². The predicted molar refractivity (Wildman–Crippen MR) is 60.4 cm³/mol. The molecule has 0 radical (unpaired) electrons. The van der Waals surface area contributed by atoms with Crippen molar-refractivity contribution in [1.82, 2.24) is 9.97 Å². The SMILES string of the molecule is CN(C)c1nccc(NCCOC(N)=O)n1. The van der Waals surface area contributed by atoms with E-state index < -0.39 is 6.09 Å². The standard InChI is InChI=1S/C9H15N5O2/c1-14(2)9-12-4-3-7(13-9)11-5-6-16-8(10)15/h3-4H,5-6H2,1-2H3,(H2,10,15)(H,11,12,13). The van der Waals surface area contributed by atoms with Crippen LogP contribution >= 0.6 is 0 Å². The summed E-state index contributed by atoms with van der Waals surface area (Å²) >= 11 is 0. The second kappa shape index (κ2) is 5.74. The number of nitrogens with two attached hydrogens (primary N) is 1. The maximum absolute atomic E-state index is 10.3. The molecule has 0 atom stereocenters. The van der Waals surface area contributed by atoms with Crippen LogP contribution in [0.2, 0.25) is 0 Å². The highest BCUT2D eigenvalue weighted by molar-refractivity contribution is 5.64. The number of hydrogen-bond acceptors (Lipinski definition) is 6. The molecule has 1 heterocycles. The third-order valence-electron chi connectivity index (χ3n) is 1.70. The van der Waals surface area contributed by atoms with Crippen LogP contribution in [0.15, 0.2) is 12.3 Å². The van der Waals surface area contributed by atoms with Crippen molar-refractivity contribution < 1.29 is 9.53 Å². The number of carbonyl (C=O) groups excluding carboxylic acids is 1. The van der Waals surface area contributed by atoms with Gasteiger partial charge in [-0.05, 0) is 6.07 Å². The van der Waals surface area contributed by atoms with E-state index in [1.165, 1.54) is 0 Å². The van der Waals surface area contributed by atoms with Gasteiger partial charge in [0.15, 0.2) is 0 Å². The minimum Gasteiger partial charge on any atom is -0.448 e. The van der Waals surface area contributed by atoms with E-state index in [0.29, 0.717) is 18.3 Å². The fourth-order valence-electron chi connectivity index (χ4n) is 0.993. The van der Waals surface area contributed by atoms with Crippen LogP contribution in [0.3, 0.4) is 0 Å². The first-order chi connectivity index (χ1) is 7.59. The molecule has 0 aliphatic carbocycles. The molecule has 3 N–H and O–H groups in total. The van der Waals surface area contributed by atoms with Gasteiger partial charge in [-0.3, -0.25) is 0 Å². The molecule has 0 saturated heterocycles. The largest absolute Gasteiger partial charge is 0.448 e. The number of nitrogens with one attached hydrogen (secondary N) is 1. The maximum Gasteiger partial charge on any atom is 0.404 e. The zero-order valence-corrected chi connectivity index (χ0v) is 9.30. The van der Waals surface area contributed by atoms with Crippen molar-refractivity contribution in [3.8, 4) is 0 Å². The van der Waals surface area contributed by atoms with Crippen molar-refractivity contribution in [3.05, 3.63) is 12.3 Å². The highest BCUT2D eigenvalue weighted by Crippen LogP contribution is 2.06. The molecule has 7 nitrogen and oxygen atoms in total. The average molecular weight is 225 g/mol. The molecule has 0 aliphatic rings. The molecule has 0 bridgehead atoms. The highest BCUT2D eigenvalue weighted by atomic mass is 16.5. The second-order valence-corrected chi connectivity index (χ2v) is 3.23. The summed E-state index contributed by atoms with van der Waals surface area (Å²) in [5.41, 5.74) is 4.81. The molecule has 0 saturated carbocycles. The first-order valence-corrected chi connectivity index (χ1v) is 4.76. The number of anilines is 2. The predicted octanol–water partition coefficient (Wildman–Crippen LogP) is 0.0498. The van der Waals surface area contributed by atoms with E-state index in [-0.39, 0.29) is 6.61 Å². The third kappa shape index (κ3) is 3.99. The Labute approximate surface area is 93.6 Å². The van der Waals surface area contributed by atoms with E-state index in [4.69, 9.17) is 5.73 Å². The van der Waals surface area contributed by atoms with Gasteiger partial charge >= 0.3 is 6.09 Å². The smallest absolute Gasteiger partial charge is 0.404 e. The molecule has 1 aromatic heterocycles. The van der Waals surface area contributed by atoms with E-state index in [1.807, 2.05) is 14.1 Å². The van der Waals surface area contributed by atoms with Gasteiger partial charge in [-0.15, -0.1) is 0 Å². The molecule has 0 spiro atoms. The molecule has 7 heteroatoms. The Morgan fingerprint density at radius 3 is 3.00 bits per heavy atom. The van der Waals surface area contributed by atoms with E-state index in [1.54, 1.807) is 17.2 Å². The number of nitrogens with zero attached hydrogens (tertiary/aromatic N) is 3. The summed E-state index contributed by atoms with van der Waals surface area (Å²) in [6.45, 7) is 0.656. The second-order valence-electron chi connectivity index (χ2n) is 3.23. The first kappa shape index (κ1) is 12.0. The molecule has 0 unspecified atom stereocenters. The summed E-state index contributed by atoms with van der Waals surface area (Å²) in [5, 5.41) is 2.98. The van der Waals surface area contributed by atoms with Gasteiger partial charge in [0.05, 0.1) is 6.54 Å². The topological polar surface area (TPSA) is 93.4 Å². The van der Waals surface area contributed by atoms with Crippen LogP contribution in [0.4, 0.5) is 16.6 Å². The quantitative estimate of drug-likeness (QED) is 0.688. The van der Waals surface area contributed by atoms with Gasteiger partial charge in [0.1, 0.15) is 12.4 Å². The van der Waals surface area contributed by atoms with E-state index in [2.05, 4.69) is 20.0 Å². The van der Waals surface area contributed by atoms with Crippen molar-refractivity contribution in [3.63, 3.8) is 0 Å². The van der Waals surface area contributed by atoms with Crippen molar-refractivity contribution in [1.29, 1.82) is 0 Å². The van der Waals surface area contributed by atoms with Crippen molar-refractivity contribution in [2.45, 2.75) is 0 Å². The van der Waals surface area contributed by atoms with Gasteiger partial charge in [0.25, 0.3) is 0 Å². The Kier molecular flexibility index (Phi) is 4.31. The molecular weight excluding hydrogens is 210 g/mol. The molecular formula is C9H15N5O2. The fourth-order valence-corrected chi connectivity index (χ4v) is 0.993. The molecule has 0 aliphatic heterocycles. The summed E-state index contributed by atoms with van der Waals surface area (Å²) in [6.07, 6.45) is 0.873. The summed E-state index contributed by atoms with van der Waals surface area (Å²) in [7, 11) is 3.71. The van der Waals surface area contributed by atoms with Gasteiger partial charge in [-0.1, -0.05) is 0 Å². The van der Waals surface area contributed by atoms with Crippen LogP contribution in [0.5, 0.6) is 0 Å². The van der Waals surface area contributed by atoms with Crippen LogP contribution in [0.1, 0.15) is 0 Å². The molecule has 0 aromatic carbocycles. The van der Waals surface area contributed by atoms with Crippen LogP contribution in [-0.2, 0) is 4.74 Å². The normalized spacial score (nSPS) is 9.62. The molecule has 0 fully saturated rings. The Morgan fingerprint density at radius 2 is 2.38 bits per heavy atom. The van der Waals surface area contributed by atoms with Crippen LogP contribution in [0.25, 0.3) is 0 Å². The fraction of sp³-hybridized carbons (Fsp3) is 0.444. The Hall–Kier alpha value is -2.05. The number of primary amides is 1. The lowest BCUT2D eigenvalue weighted by Crippen LogP contribution is -2.19. The van der Waals surface area contributed by atoms with Gasteiger partial charge in [-0.25, -0.2) is 9.78 Å². The van der Waals surface area contributed by atoms with Gasteiger partial charge < -0.3 is 20.7 Å². The Morgan fingerprint density at radius 1 is 1.62 bits per heavy atom. The first-order valence-electron chi connectivity index (χ1n) is 4.76. The summed E-state index contributed by atoms with van der Waals surface area (Å²) < 4.78 is 4.56.